The summed E-state index contributed by atoms with van der Waals surface area (Å²) in [7, 11) is 0. The molecule has 0 aliphatic rings. The third-order valence-corrected chi connectivity index (χ3v) is 4.59. The van der Waals surface area contributed by atoms with E-state index in [1.807, 2.05) is 6.92 Å². The molecule has 3 aromatic rings. The van der Waals surface area contributed by atoms with Crippen LogP contribution < -0.4 is 16.6 Å². The van der Waals surface area contributed by atoms with E-state index in [9.17, 15) is 23.2 Å². The van der Waals surface area contributed by atoms with Crippen molar-refractivity contribution in [1.82, 2.24) is 19.7 Å². The highest BCUT2D eigenvalue weighted by molar-refractivity contribution is 5.91. The van der Waals surface area contributed by atoms with Gasteiger partial charge < -0.3 is 5.32 Å². The second-order valence-electron chi connectivity index (χ2n) is 6.82. The van der Waals surface area contributed by atoms with E-state index in [0.29, 0.717) is 12.0 Å². The fourth-order valence-electron chi connectivity index (χ4n) is 2.71. The summed E-state index contributed by atoms with van der Waals surface area (Å²) in [6, 6.07) is 9.96. The largest absolute Gasteiger partial charge is 0.352 e. The molecule has 0 unspecified atom stereocenters. The van der Waals surface area contributed by atoms with Crippen molar-refractivity contribution in [2.24, 2.45) is 0 Å². The van der Waals surface area contributed by atoms with Gasteiger partial charge in [0.25, 0.3) is 11.5 Å². The van der Waals surface area contributed by atoms with Gasteiger partial charge in [-0.3, -0.25) is 14.2 Å². The van der Waals surface area contributed by atoms with Crippen LogP contribution in [-0.2, 0) is 6.54 Å². The molecule has 7 nitrogen and oxygen atoms in total. The molecule has 0 saturated carbocycles. The second-order valence-corrected chi connectivity index (χ2v) is 6.82. The first-order valence-corrected chi connectivity index (χ1v) is 9.35. The summed E-state index contributed by atoms with van der Waals surface area (Å²) in [5, 5.41) is 6.60. The molecule has 1 heterocycles. The first-order chi connectivity index (χ1) is 14.3. The first-order valence-electron chi connectivity index (χ1n) is 9.35. The monoisotopic (exact) mass is 414 g/mol. The number of rotatable bonds is 6. The van der Waals surface area contributed by atoms with Gasteiger partial charge in [0.1, 0.15) is 11.6 Å². The zero-order valence-electron chi connectivity index (χ0n) is 16.4. The van der Waals surface area contributed by atoms with Crippen molar-refractivity contribution in [1.29, 1.82) is 0 Å². The average Bonchev–Trinajstić information content (AvgIpc) is 2.73. The molecule has 1 amide bonds. The predicted octanol–water partition coefficient (Wildman–Crippen LogP) is 2.25. The van der Waals surface area contributed by atoms with E-state index in [-0.39, 0.29) is 18.3 Å². The number of nitrogens with zero attached hydrogens (tertiary/aromatic N) is 3. The van der Waals surface area contributed by atoms with E-state index >= 15 is 0 Å². The number of aromatic nitrogens is 3. The van der Waals surface area contributed by atoms with Crippen LogP contribution in [0.5, 0.6) is 0 Å². The summed E-state index contributed by atoms with van der Waals surface area (Å²) in [5.41, 5.74) is -1.48. The molecule has 1 atom stereocenters. The molecule has 1 N–H and O–H groups in total. The van der Waals surface area contributed by atoms with Gasteiger partial charge in [-0.25, -0.2) is 13.6 Å². The second kappa shape index (κ2) is 8.81. The third kappa shape index (κ3) is 4.51. The summed E-state index contributed by atoms with van der Waals surface area (Å²) >= 11 is 0. The molecule has 156 valence electrons. The molecule has 0 aliphatic carbocycles. The Kier molecular flexibility index (Phi) is 6.20. The molecule has 3 rings (SSSR count). The van der Waals surface area contributed by atoms with E-state index in [1.165, 1.54) is 36.4 Å². The highest BCUT2D eigenvalue weighted by Crippen LogP contribution is 2.07. The summed E-state index contributed by atoms with van der Waals surface area (Å²) in [6.07, 6.45) is 0.632. The number of hydrogen-bond acceptors (Lipinski definition) is 4. The SMILES string of the molecule is CC[C@@H](C)NC(=O)c1nn(-c2ccc(F)cc2)c(=O)n(Cc2ccc(F)cc2)c1=O. The van der Waals surface area contributed by atoms with Gasteiger partial charge in [-0.05, 0) is 55.3 Å². The molecule has 0 radical (unpaired) electrons. The van der Waals surface area contributed by atoms with Crippen molar-refractivity contribution >= 4 is 5.91 Å². The number of amides is 1. The van der Waals surface area contributed by atoms with Crippen molar-refractivity contribution in [3.63, 3.8) is 0 Å². The third-order valence-electron chi connectivity index (χ3n) is 4.59. The number of carbonyl (C=O) groups is 1. The van der Waals surface area contributed by atoms with Crippen LogP contribution in [-0.4, -0.2) is 26.3 Å². The van der Waals surface area contributed by atoms with E-state index in [0.717, 1.165) is 21.4 Å². The number of halogens is 2. The predicted molar refractivity (Wildman–Crippen MR) is 107 cm³/mol. The fraction of sp³-hybridized carbons (Fsp3) is 0.238. The lowest BCUT2D eigenvalue weighted by molar-refractivity contribution is 0.0929. The van der Waals surface area contributed by atoms with E-state index in [2.05, 4.69) is 10.4 Å². The van der Waals surface area contributed by atoms with Crippen LogP contribution in [0.1, 0.15) is 36.3 Å². The Labute approximate surface area is 170 Å². The van der Waals surface area contributed by atoms with Gasteiger partial charge in [-0.1, -0.05) is 19.1 Å². The highest BCUT2D eigenvalue weighted by Gasteiger charge is 2.21. The molecular formula is C21H20F2N4O3. The van der Waals surface area contributed by atoms with Gasteiger partial charge in [-0.2, -0.15) is 9.78 Å². The smallest absolute Gasteiger partial charge is 0.348 e. The van der Waals surface area contributed by atoms with E-state index in [1.54, 1.807) is 6.92 Å². The van der Waals surface area contributed by atoms with Crippen LogP contribution in [0.2, 0.25) is 0 Å². The zero-order valence-corrected chi connectivity index (χ0v) is 16.4. The highest BCUT2D eigenvalue weighted by atomic mass is 19.1. The van der Waals surface area contributed by atoms with Gasteiger partial charge in [0.15, 0.2) is 0 Å². The van der Waals surface area contributed by atoms with Crippen molar-refractivity contribution in [2.45, 2.75) is 32.9 Å². The van der Waals surface area contributed by atoms with Crippen LogP contribution in [0.15, 0.2) is 58.1 Å². The van der Waals surface area contributed by atoms with Gasteiger partial charge in [0, 0.05) is 6.04 Å². The van der Waals surface area contributed by atoms with Crippen molar-refractivity contribution in [3.8, 4) is 5.69 Å². The topological polar surface area (TPSA) is 86.0 Å². The molecule has 0 bridgehead atoms. The maximum absolute atomic E-state index is 13.3. The fourth-order valence-corrected chi connectivity index (χ4v) is 2.71. The molecule has 30 heavy (non-hydrogen) atoms. The average molecular weight is 414 g/mol. The Morgan fingerprint density at radius 3 is 2.17 bits per heavy atom. The summed E-state index contributed by atoms with van der Waals surface area (Å²) in [6.45, 7) is 3.45. The molecule has 0 spiro atoms. The number of carbonyl (C=O) groups excluding carboxylic acids is 1. The molecule has 0 saturated heterocycles. The van der Waals surface area contributed by atoms with Gasteiger partial charge in [0.05, 0.1) is 12.2 Å². The number of benzene rings is 2. The molecule has 0 fully saturated rings. The van der Waals surface area contributed by atoms with E-state index < -0.39 is 34.5 Å². The Balaban J connectivity index is 2.17. The summed E-state index contributed by atoms with van der Waals surface area (Å²) < 4.78 is 28.2. The van der Waals surface area contributed by atoms with Crippen molar-refractivity contribution in [3.05, 3.63) is 92.3 Å². The number of nitrogens with one attached hydrogen (secondary N) is 1. The molecule has 0 aliphatic heterocycles. The van der Waals surface area contributed by atoms with Gasteiger partial charge in [-0.15, -0.1) is 0 Å². The molecule has 2 aromatic carbocycles. The molecule has 9 heteroatoms. The molecule has 1 aromatic heterocycles. The van der Waals surface area contributed by atoms with Crippen molar-refractivity contribution < 1.29 is 13.6 Å². The van der Waals surface area contributed by atoms with Crippen LogP contribution in [0.4, 0.5) is 8.78 Å². The summed E-state index contributed by atoms with van der Waals surface area (Å²) in [4.78, 5) is 38.5. The minimum absolute atomic E-state index is 0.187. The normalized spacial score (nSPS) is 11.9. The minimum atomic E-state index is -0.872. The van der Waals surface area contributed by atoms with Gasteiger partial charge >= 0.3 is 5.69 Å². The van der Waals surface area contributed by atoms with Crippen LogP contribution >= 0.6 is 0 Å². The minimum Gasteiger partial charge on any atom is -0.348 e. The lowest BCUT2D eigenvalue weighted by atomic mass is 10.2. The van der Waals surface area contributed by atoms with Crippen LogP contribution in [0.3, 0.4) is 0 Å². The standard InChI is InChI=1S/C21H20F2N4O3/c1-3-13(2)24-19(28)18-20(29)26(12-14-4-6-15(22)7-5-14)21(30)27(25-18)17-10-8-16(23)9-11-17/h4-11,13H,3,12H2,1-2H3,(H,24,28)/t13-/m1/s1. The Morgan fingerprint density at radius 2 is 1.60 bits per heavy atom. The Bertz CT molecular complexity index is 1170. The van der Waals surface area contributed by atoms with Crippen LogP contribution in [0, 0.1) is 11.6 Å². The first kappa shape index (κ1) is 21.1. The maximum atomic E-state index is 13.3. The van der Waals surface area contributed by atoms with Crippen LogP contribution in [0.25, 0.3) is 5.69 Å². The zero-order chi connectivity index (χ0) is 21.8. The van der Waals surface area contributed by atoms with Gasteiger partial charge in [0.2, 0.25) is 5.69 Å². The lowest BCUT2D eigenvalue weighted by Crippen LogP contribution is -2.47. The van der Waals surface area contributed by atoms with E-state index in [4.69, 9.17) is 0 Å². The lowest BCUT2D eigenvalue weighted by Gasteiger charge is -2.14. The maximum Gasteiger partial charge on any atom is 0.352 e. The Morgan fingerprint density at radius 1 is 1.03 bits per heavy atom. The number of hydrogen-bond donors (Lipinski definition) is 1. The quantitative estimate of drug-likeness (QED) is 0.670. The van der Waals surface area contributed by atoms with Crippen molar-refractivity contribution in [2.75, 3.05) is 0 Å². The Hall–Kier alpha value is -3.62. The molecular weight excluding hydrogens is 394 g/mol. The summed E-state index contributed by atoms with van der Waals surface area (Å²) in [5.74, 6) is -1.70.